The van der Waals surface area contributed by atoms with Crippen molar-refractivity contribution in [2.45, 2.75) is 13.8 Å². The zero-order valence-corrected chi connectivity index (χ0v) is 17.6. The van der Waals surface area contributed by atoms with Crippen LogP contribution < -0.4 is 21.3 Å². The highest BCUT2D eigenvalue weighted by Crippen LogP contribution is 2.17. The average Bonchev–Trinajstić information content (AvgIpc) is 2.77. The highest BCUT2D eigenvalue weighted by atomic mass is 16.2. The summed E-state index contributed by atoms with van der Waals surface area (Å²) in [5, 5.41) is 11.7. The maximum absolute atomic E-state index is 11.9. The van der Waals surface area contributed by atoms with Gasteiger partial charge in [-0.15, -0.1) is 0 Å². The largest absolute Gasteiger partial charge is 0.353 e. The topological polar surface area (TPSA) is 108 Å². The number of rotatable bonds is 9. The van der Waals surface area contributed by atoms with E-state index in [0.29, 0.717) is 30.4 Å². The molecule has 0 saturated heterocycles. The second-order valence-corrected chi connectivity index (χ2v) is 7.03. The van der Waals surface area contributed by atoms with Gasteiger partial charge in [0, 0.05) is 36.1 Å². The predicted molar refractivity (Wildman–Crippen MR) is 122 cm³/mol. The van der Waals surface area contributed by atoms with Crippen molar-refractivity contribution in [3.8, 4) is 0 Å². The Morgan fingerprint density at radius 1 is 0.871 bits per heavy atom. The first-order chi connectivity index (χ1) is 15.0. The molecule has 0 bridgehead atoms. The molecule has 0 radical (unpaired) electrons. The monoisotopic (exact) mass is 418 g/mol. The van der Waals surface area contributed by atoms with Crippen LogP contribution in [-0.4, -0.2) is 41.4 Å². The van der Waals surface area contributed by atoms with Crippen molar-refractivity contribution in [1.29, 1.82) is 0 Å². The van der Waals surface area contributed by atoms with E-state index >= 15 is 0 Å². The van der Waals surface area contributed by atoms with Crippen LogP contribution in [0.25, 0.3) is 0 Å². The Bertz CT molecular complexity index is 1020. The summed E-state index contributed by atoms with van der Waals surface area (Å²) in [4.78, 5) is 32.7. The number of nitrogens with zero attached hydrogens (tertiary/aromatic N) is 2. The lowest BCUT2D eigenvalue weighted by molar-refractivity contribution is -0.120. The fraction of sp³-hybridized carbons (Fsp3) is 0.217. The first kappa shape index (κ1) is 21.8. The maximum atomic E-state index is 11.9. The van der Waals surface area contributed by atoms with Gasteiger partial charge < -0.3 is 21.3 Å². The molecule has 0 saturated carbocycles. The number of hydrogen-bond acceptors (Lipinski definition) is 6. The molecule has 3 aromatic rings. The summed E-state index contributed by atoms with van der Waals surface area (Å²) in [7, 11) is 0. The third-order valence-corrected chi connectivity index (χ3v) is 4.35. The Kier molecular flexibility index (Phi) is 7.53. The Labute approximate surface area is 181 Å². The molecule has 4 N–H and O–H groups in total. The second kappa shape index (κ2) is 10.7. The highest BCUT2D eigenvalue weighted by molar-refractivity contribution is 5.96. The fourth-order valence-electron chi connectivity index (χ4n) is 2.79. The van der Waals surface area contributed by atoms with E-state index in [1.807, 2.05) is 50.2 Å². The van der Waals surface area contributed by atoms with Crippen molar-refractivity contribution in [3.63, 3.8) is 0 Å². The van der Waals surface area contributed by atoms with Gasteiger partial charge in [-0.1, -0.05) is 35.9 Å². The van der Waals surface area contributed by atoms with Crippen molar-refractivity contribution in [1.82, 2.24) is 20.6 Å². The van der Waals surface area contributed by atoms with Crippen LogP contribution in [0.5, 0.6) is 0 Å². The van der Waals surface area contributed by atoms with Crippen molar-refractivity contribution in [2.75, 3.05) is 30.3 Å². The molecule has 0 aliphatic rings. The number of nitrogens with one attached hydrogen (secondary N) is 4. The zero-order valence-electron chi connectivity index (χ0n) is 17.6. The van der Waals surface area contributed by atoms with Crippen molar-refractivity contribution in [2.24, 2.45) is 0 Å². The molecule has 160 valence electrons. The molecule has 2 amide bonds. The molecule has 0 atom stereocenters. The van der Waals surface area contributed by atoms with Gasteiger partial charge >= 0.3 is 0 Å². The Balaban J connectivity index is 1.41. The zero-order chi connectivity index (χ0) is 22.1. The van der Waals surface area contributed by atoms with Crippen LogP contribution in [0.1, 0.15) is 21.6 Å². The summed E-state index contributed by atoms with van der Waals surface area (Å²) in [6.07, 6.45) is 0. The predicted octanol–water partition coefficient (Wildman–Crippen LogP) is 2.80. The number of aryl methyl sites for hydroxylation is 2. The molecule has 1 heterocycles. The molecular formula is C23H26N6O2. The van der Waals surface area contributed by atoms with Crippen LogP contribution in [0.2, 0.25) is 0 Å². The molecule has 3 rings (SSSR count). The quantitative estimate of drug-likeness (QED) is 0.398. The number of carbonyl (C=O) groups excluding carboxylic acids is 2. The molecule has 1 aromatic heterocycles. The normalized spacial score (nSPS) is 10.3. The minimum Gasteiger partial charge on any atom is -0.353 e. The maximum Gasteiger partial charge on any atom is 0.251 e. The molecule has 2 aromatic carbocycles. The Hall–Kier alpha value is -3.94. The molecule has 0 aliphatic heterocycles. The minimum atomic E-state index is -0.282. The number of benzene rings is 2. The molecule has 0 fully saturated rings. The first-order valence-electron chi connectivity index (χ1n) is 10.0. The SMILES string of the molecule is Cc1ccc(Nc2cc(C)nc(NCCNC(=O)CNC(=O)c3ccccc3)n2)cc1. The third-order valence-electron chi connectivity index (χ3n) is 4.35. The van der Waals surface area contributed by atoms with Crippen molar-refractivity contribution < 1.29 is 9.59 Å². The number of amides is 2. The van der Waals surface area contributed by atoms with Crippen LogP contribution in [0.4, 0.5) is 17.5 Å². The summed E-state index contributed by atoms with van der Waals surface area (Å²) < 4.78 is 0. The Morgan fingerprint density at radius 3 is 2.35 bits per heavy atom. The van der Waals surface area contributed by atoms with Gasteiger partial charge in [-0.2, -0.15) is 4.98 Å². The molecule has 0 spiro atoms. The molecule has 31 heavy (non-hydrogen) atoms. The second-order valence-electron chi connectivity index (χ2n) is 7.03. The van der Waals surface area contributed by atoms with Gasteiger partial charge in [0.2, 0.25) is 11.9 Å². The van der Waals surface area contributed by atoms with Gasteiger partial charge in [0.1, 0.15) is 5.82 Å². The summed E-state index contributed by atoms with van der Waals surface area (Å²) in [5.74, 6) is 0.612. The van der Waals surface area contributed by atoms with E-state index in [2.05, 4.69) is 31.2 Å². The van der Waals surface area contributed by atoms with Gasteiger partial charge in [-0.3, -0.25) is 9.59 Å². The van der Waals surface area contributed by atoms with E-state index in [-0.39, 0.29) is 18.4 Å². The van der Waals surface area contributed by atoms with Gasteiger partial charge in [0.25, 0.3) is 5.91 Å². The van der Waals surface area contributed by atoms with Crippen LogP contribution >= 0.6 is 0 Å². The number of hydrogen-bond donors (Lipinski definition) is 4. The minimum absolute atomic E-state index is 0.0840. The molecule has 8 nitrogen and oxygen atoms in total. The number of carbonyl (C=O) groups is 2. The lowest BCUT2D eigenvalue weighted by Gasteiger charge is -2.11. The summed E-state index contributed by atoms with van der Waals surface area (Å²) in [5.41, 5.74) is 3.47. The average molecular weight is 419 g/mol. The molecule has 0 aliphatic carbocycles. The highest BCUT2D eigenvalue weighted by Gasteiger charge is 2.07. The van der Waals surface area contributed by atoms with E-state index < -0.39 is 0 Å². The summed E-state index contributed by atoms with van der Waals surface area (Å²) in [6, 6.07) is 18.7. The van der Waals surface area contributed by atoms with Crippen molar-refractivity contribution in [3.05, 3.63) is 77.5 Å². The molecule has 0 unspecified atom stereocenters. The summed E-state index contributed by atoms with van der Waals surface area (Å²) >= 11 is 0. The lowest BCUT2D eigenvalue weighted by atomic mass is 10.2. The van der Waals surface area contributed by atoms with Crippen LogP contribution in [0.3, 0.4) is 0 Å². The van der Waals surface area contributed by atoms with Crippen LogP contribution in [0, 0.1) is 13.8 Å². The van der Waals surface area contributed by atoms with Crippen LogP contribution in [0.15, 0.2) is 60.7 Å². The van der Waals surface area contributed by atoms with E-state index in [4.69, 9.17) is 0 Å². The van der Waals surface area contributed by atoms with Gasteiger partial charge in [-0.05, 0) is 38.1 Å². The van der Waals surface area contributed by atoms with E-state index in [9.17, 15) is 9.59 Å². The smallest absolute Gasteiger partial charge is 0.251 e. The van der Waals surface area contributed by atoms with Gasteiger partial charge in [0.15, 0.2) is 0 Å². The Morgan fingerprint density at radius 2 is 1.61 bits per heavy atom. The molecule has 8 heteroatoms. The molecular weight excluding hydrogens is 392 g/mol. The lowest BCUT2D eigenvalue weighted by Crippen LogP contribution is -2.38. The van der Waals surface area contributed by atoms with E-state index in [1.54, 1.807) is 24.3 Å². The van der Waals surface area contributed by atoms with E-state index in [0.717, 1.165) is 11.4 Å². The number of aromatic nitrogens is 2. The van der Waals surface area contributed by atoms with Gasteiger partial charge in [0.05, 0.1) is 6.54 Å². The third kappa shape index (κ3) is 7.11. The fourth-order valence-corrected chi connectivity index (χ4v) is 2.79. The van der Waals surface area contributed by atoms with Crippen molar-refractivity contribution >= 4 is 29.3 Å². The van der Waals surface area contributed by atoms with Gasteiger partial charge in [-0.25, -0.2) is 4.98 Å². The number of anilines is 3. The van der Waals surface area contributed by atoms with E-state index in [1.165, 1.54) is 5.56 Å². The first-order valence-corrected chi connectivity index (χ1v) is 10.0. The van der Waals surface area contributed by atoms with Crippen LogP contribution in [-0.2, 0) is 4.79 Å². The summed E-state index contributed by atoms with van der Waals surface area (Å²) in [6.45, 7) is 4.67. The standard InChI is InChI=1S/C23H26N6O2/c1-16-8-10-19(11-9-16)28-20-14-17(2)27-23(29-20)25-13-12-24-21(30)15-26-22(31)18-6-4-3-5-7-18/h3-11,14H,12-13,15H2,1-2H3,(H,24,30)(H,26,31)(H2,25,27,28,29).